The van der Waals surface area contributed by atoms with Crippen molar-refractivity contribution in [3.63, 3.8) is 0 Å². The van der Waals surface area contributed by atoms with Crippen LogP contribution in [0.3, 0.4) is 0 Å². The number of hydrogen-bond donors (Lipinski definition) is 1. The summed E-state index contributed by atoms with van der Waals surface area (Å²) in [6.45, 7) is 7.15. The van der Waals surface area contributed by atoms with Gasteiger partial charge in [0.15, 0.2) is 0 Å². The molecule has 2 rings (SSSR count). The minimum absolute atomic E-state index is 0.122. The predicted octanol–water partition coefficient (Wildman–Crippen LogP) is 3.70. The molecule has 1 atom stereocenters. The molecule has 1 fully saturated rings. The van der Waals surface area contributed by atoms with Crippen LogP contribution in [-0.2, 0) is 6.54 Å². The zero-order chi connectivity index (χ0) is 13.7. The molecule has 0 bridgehead atoms. The molecular formula is C16H25FN2. The van der Waals surface area contributed by atoms with Crippen molar-refractivity contribution in [3.8, 4) is 0 Å². The molecule has 0 amide bonds. The first-order chi connectivity index (χ1) is 9.20. The molecule has 2 nitrogen and oxygen atoms in total. The van der Waals surface area contributed by atoms with Crippen LogP contribution < -0.4 is 10.2 Å². The molecule has 0 spiro atoms. The Morgan fingerprint density at radius 1 is 1.32 bits per heavy atom. The third kappa shape index (κ3) is 3.93. The van der Waals surface area contributed by atoms with Crippen LogP contribution in [0.5, 0.6) is 0 Å². The van der Waals surface area contributed by atoms with E-state index in [1.165, 1.54) is 19.3 Å². The summed E-state index contributed by atoms with van der Waals surface area (Å²) in [6, 6.07) is 5.96. The van der Waals surface area contributed by atoms with E-state index in [0.29, 0.717) is 6.04 Å². The average molecular weight is 264 g/mol. The summed E-state index contributed by atoms with van der Waals surface area (Å²) >= 11 is 0. The van der Waals surface area contributed by atoms with Gasteiger partial charge in [-0.1, -0.05) is 6.92 Å². The number of nitrogens with zero attached hydrogens (tertiary/aromatic N) is 1. The van der Waals surface area contributed by atoms with Crippen LogP contribution in [0.4, 0.5) is 10.1 Å². The van der Waals surface area contributed by atoms with E-state index in [1.54, 1.807) is 12.1 Å². The van der Waals surface area contributed by atoms with Gasteiger partial charge in [-0.05, 0) is 62.9 Å². The molecular weight excluding hydrogens is 239 g/mol. The highest BCUT2D eigenvalue weighted by Gasteiger charge is 2.19. The van der Waals surface area contributed by atoms with Crippen molar-refractivity contribution in [2.24, 2.45) is 0 Å². The van der Waals surface area contributed by atoms with Crippen LogP contribution in [0.25, 0.3) is 0 Å². The molecule has 1 aliphatic heterocycles. The molecule has 1 heterocycles. The molecule has 19 heavy (non-hydrogen) atoms. The number of piperidine rings is 1. The number of halogens is 1. The van der Waals surface area contributed by atoms with Gasteiger partial charge in [-0.15, -0.1) is 0 Å². The number of benzene rings is 1. The van der Waals surface area contributed by atoms with Crippen molar-refractivity contribution in [1.82, 2.24) is 5.32 Å². The predicted molar refractivity (Wildman–Crippen MR) is 79.1 cm³/mol. The zero-order valence-corrected chi connectivity index (χ0v) is 12.1. The third-order valence-electron chi connectivity index (χ3n) is 3.83. The second kappa shape index (κ2) is 6.90. The first-order valence-corrected chi connectivity index (χ1v) is 7.47. The number of hydrogen-bond acceptors (Lipinski definition) is 2. The lowest BCUT2D eigenvalue weighted by Crippen LogP contribution is -2.37. The van der Waals surface area contributed by atoms with Crippen molar-refractivity contribution in [2.75, 3.05) is 18.0 Å². The van der Waals surface area contributed by atoms with Gasteiger partial charge in [-0.2, -0.15) is 0 Å². The molecule has 1 saturated heterocycles. The van der Waals surface area contributed by atoms with Crippen LogP contribution in [0.15, 0.2) is 18.2 Å². The summed E-state index contributed by atoms with van der Waals surface area (Å²) in [5.41, 5.74) is 2.08. The molecule has 0 aliphatic carbocycles. The normalized spacial score (nSPS) is 19.7. The van der Waals surface area contributed by atoms with Gasteiger partial charge in [0.05, 0.1) is 0 Å². The van der Waals surface area contributed by atoms with E-state index in [0.717, 1.165) is 37.3 Å². The average Bonchev–Trinajstić information content (AvgIpc) is 2.39. The Labute approximate surface area is 116 Å². The number of nitrogens with one attached hydrogen (secondary N) is 1. The highest BCUT2D eigenvalue weighted by atomic mass is 19.1. The molecule has 1 aromatic rings. The smallest absolute Gasteiger partial charge is 0.125 e. The summed E-state index contributed by atoms with van der Waals surface area (Å²) in [5.74, 6) is -0.122. The first kappa shape index (κ1) is 14.3. The molecule has 0 aromatic heterocycles. The fourth-order valence-electron chi connectivity index (χ4n) is 2.79. The molecule has 0 saturated carbocycles. The van der Waals surface area contributed by atoms with Crippen LogP contribution in [0.1, 0.15) is 45.1 Å². The minimum Gasteiger partial charge on any atom is -0.369 e. The van der Waals surface area contributed by atoms with Crippen molar-refractivity contribution in [1.29, 1.82) is 0 Å². The lowest BCUT2D eigenvalue weighted by atomic mass is 10.0. The van der Waals surface area contributed by atoms with E-state index < -0.39 is 0 Å². The standard InChI is InChI=1S/C16H25FN2/c1-3-7-18-12-14-9-15(17)11-16(10-14)19-8-5-4-6-13(19)2/h9-11,13,18H,3-8,12H2,1-2H3. The van der Waals surface area contributed by atoms with Gasteiger partial charge in [0, 0.05) is 24.8 Å². The number of rotatable bonds is 5. The van der Waals surface area contributed by atoms with Gasteiger partial charge in [0.2, 0.25) is 0 Å². The second-order valence-electron chi connectivity index (χ2n) is 5.53. The molecule has 3 heteroatoms. The van der Waals surface area contributed by atoms with E-state index >= 15 is 0 Å². The first-order valence-electron chi connectivity index (χ1n) is 7.47. The monoisotopic (exact) mass is 264 g/mol. The number of anilines is 1. The topological polar surface area (TPSA) is 15.3 Å². The van der Waals surface area contributed by atoms with E-state index in [9.17, 15) is 4.39 Å². The second-order valence-corrected chi connectivity index (χ2v) is 5.53. The summed E-state index contributed by atoms with van der Waals surface area (Å²) in [4.78, 5) is 2.34. The summed E-state index contributed by atoms with van der Waals surface area (Å²) in [7, 11) is 0. The lowest BCUT2D eigenvalue weighted by molar-refractivity contribution is 0.483. The van der Waals surface area contributed by atoms with Crippen molar-refractivity contribution in [2.45, 2.75) is 52.1 Å². The Bertz CT molecular complexity index is 406. The Hall–Kier alpha value is -1.09. The quantitative estimate of drug-likeness (QED) is 0.816. The highest BCUT2D eigenvalue weighted by Crippen LogP contribution is 2.26. The maximum atomic E-state index is 13.8. The van der Waals surface area contributed by atoms with E-state index in [4.69, 9.17) is 0 Å². The van der Waals surface area contributed by atoms with E-state index in [1.807, 2.05) is 0 Å². The minimum atomic E-state index is -0.122. The summed E-state index contributed by atoms with van der Waals surface area (Å²) in [6.07, 6.45) is 4.81. The van der Waals surface area contributed by atoms with Crippen LogP contribution >= 0.6 is 0 Å². The van der Waals surface area contributed by atoms with Gasteiger partial charge >= 0.3 is 0 Å². The molecule has 1 unspecified atom stereocenters. The van der Waals surface area contributed by atoms with Gasteiger partial charge < -0.3 is 10.2 Å². The van der Waals surface area contributed by atoms with Gasteiger partial charge in [0.25, 0.3) is 0 Å². The summed E-state index contributed by atoms with van der Waals surface area (Å²) < 4.78 is 13.8. The van der Waals surface area contributed by atoms with Gasteiger partial charge in [-0.3, -0.25) is 0 Å². The molecule has 1 aliphatic rings. The van der Waals surface area contributed by atoms with Crippen LogP contribution in [0.2, 0.25) is 0 Å². The van der Waals surface area contributed by atoms with Crippen molar-refractivity contribution in [3.05, 3.63) is 29.6 Å². The lowest BCUT2D eigenvalue weighted by Gasteiger charge is -2.35. The molecule has 106 valence electrons. The Morgan fingerprint density at radius 3 is 2.89 bits per heavy atom. The van der Waals surface area contributed by atoms with Gasteiger partial charge in [-0.25, -0.2) is 4.39 Å². The van der Waals surface area contributed by atoms with Crippen molar-refractivity contribution >= 4 is 5.69 Å². The van der Waals surface area contributed by atoms with E-state index in [2.05, 4.69) is 30.1 Å². The fraction of sp³-hybridized carbons (Fsp3) is 0.625. The Morgan fingerprint density at radius 2 is 2.16 bits per heavy atom. The maximum absolute atomic E-state index is 13.8. The Balaban J connectivity index is 2.11. The maximum Gasteiger partial charge on any atom is 0.125 e. The molecule has 1 aromatic carbocycles. The van der Waals surface area contributed by atoms with Crippen LogP contribution in [0, 0.1) is 5.82 Å². The molecule has 0 radical (unpaired) electrons. The van der Waals surface area contributed by atoms with Gasteiger partial charge in [0.1, 0.15) is 5.82 Å². The largest absolute Gasteiger partial charge is 0.369 e. The van der Waals surface area contributed by atoms with E-state index in [-0.39, 0.29) is 5.82 Å². The SMILES string of the molecule is CCCNCc1cc(F)cc(N2CCCCC2C)c1. The zero-order valence-electron chi connectivity index (χ0n) is 12.1. The third-order valence-corrected chi connectivity index (χ3v) is 3.83. The highest BCUT2D eigenvalue weighted by molar-refractivity contribution is 5.50. The van der Waals surface area contributed by atoms with Crippen LogP contribution in [-0.4, -0.2) is 19.1 Å². The fourth-order valence-corrected chi connectivity index (χ4v) is 2.79. The Kier molecular flexibility index (Phi) is 5.20. The molecule has 1 N–H and O–H groups in total. The summed E-state index contributed by atoms with van der Waals surface area (Å²) in [5, 5.41) is 3.33. The van der Waals surface area contributed by atoms with Crippen molar-refractivity contribution < 1.29 is 4.39 Å².